The SMILES string of the molecule is CCc1ccc(-n2nc(C)cc2C)c(O)c1.Cc1cc(C)n(-c2ccc(C(F)(F)F)cc2O)n1.Cc1cc(C)n(-c2cccc(C)c2O)n1. The normalized spacial score (nSPS) is 11.1. The molecule has 258 valence electrons. The van der Waals surface area contributed by atoms with Gasteiger partial charge in [0.15, 0.2) is 0 Å². The number of phenolic OH excluding ortho intramolecular Hbond substituents is 3. The van der Waals surface area contributed by atoms with Crippen molar-refractivity contribution in [2.24, 2.45) is 0 Å². The minimum atomic E-state index is -4.47. The Hall–Kier alpha value is -5.52. The predicted molar refractivity (Wildman–Crippen MR) is 183 cm³/mol. The number of para-hydroxylation sites is 1. The number of aromatic nitrogens is 6. The molecule has 0 atom stereocenters. The molecule has 0 aliphatic heterocycles. The van der Waals surface area contributed by atoms with Gasteiger partial charge in [0.1, 0.15) is 34.3 Å². The molecule has 9 nitrogen and oxygen atoms in total. The van der Waals surface area contributed by atoms with Crippen LogP contribution >= 0.6 is 0 Å². The van der Waals surface area contributed by atoms with Gasteiger partial charge >= 0.3 is 6.18 Å². The highest BCUT2D eigenvalue weighted by molar-refractivity contribution is 5.51. The molecule has 0 fully saturated rings. The molecule has 0 aliphatic rings. The van der Waals surface area contributed by atoms with Crippen molar-refractivity contribution in [3.05, 3.63) is 124 Å². The number of hydrogen-bond donors (Lipinski definition) is 3. The first-order chi connectivity index (χ1) is 23.0. The van der Waals surface area contributed by atoms with Crippen molar-refractivity contribution in [1.82, 2.24) is 29.3 Å². The minimum absolute atomic E-state index is 0.230. The van der Waals surface area contributed by atoms with Gasteiger partial charge < -0.3 is 15.3 Å². The molecule has 0 amide bonds. The minimum Gasteiger partial charge on any atom is -0.506 e. The Kier molecular flexibility index (Phi) is 10.9. The molecule has 0 aliphatic carbocycles. The number of rotatable bonds is 4. The summed E-state index contributed by atoms with van der Waals surface area (Å²) < 4.78 is 42.3. The second-order valence-corrected chi connectivity index (χ2v) is 11.8. The van der Waals surface area contributed by atoms with E-state index in [0.29, 0.717) is 11.8 Å². The molecular weight excluding hydrogens is 633 g/mol. The van der Waals surface area contributed by atoms with Gasteiger partial charge in [-0.1, -0.05) is 25.1 Å². The summed E-state index contributed by atoms with van der Waals surface area (Å²) in [6.07, 6.45) is -3.55. The monoisotopic (exact) mass is 674 g/mol. The zero-order valence-corrected chi connectivity index (χ0v) is 28.8. The maximum absolute atomic E-state index is 12.5. The van der Waals surface area contributed by atoms with Gasteiger partial charge in [-0.2, -0.15) is 28.5 Å². The lowest BCUT2D eigenvalue weighted by Gasteiger charge is -2.11. The lowest BCUT2D eigenvalue weighted by atomic mass is 10.1. The van der Waals surface area contributed by atoms with E-state index in [0.717, 1.165) is 69.2 Å². The second kappa shape index (κ2) is 14.7. The third kappa shape index (κ3) is 8.50. The molecule has 6 rings (SSSR count). The van der Waals surface area contributed by atoms with Crippen LogP contribution in [0.4, 0.5) is 13.2 Å². The fourth-order valence-electron chi connectivity index (χ4n) is 5.28. The maximum Gasteiger partial charge on any atom is 0.416 e. The molecule has 0 bridgehead atoms. The molecule has 0 unspecified atom stereocenters. The van der Waals surface area contributed by atoms with Gasteiger partial charge in [-0.25, -0.2) is 14.0 Å². The van der Waals surface area contributed by atoms with E-state index in [1.54, 1.807) is 35.3 Å². The Morgan fingerprint density at radius 1 is 0.571 bits per heavy atom. The Bertz CT molecular complexity index is 2070. The highest BCUT2D eigenvalue weighted by atomic mass is 19.4. The van der Waals surface area contributed by atoms with Crippen LogP contribution in [-0.2, 0) is 12.6 Å². The first-order valence-electron chi connectivity index (χ1n) is 15.6. The Morgan fingerprint density at radius 2 is 1.02 bits per heavy atom. The summed E-state index contributed by atoms with van der Waals surface area (Å²) in [6, 6.07) is 20.0. The molecule has 6 aromatic rings. The molecule has 3 aromatic carbocycles. The number of aromatic hydroxyl groups is 3. The number of phenols is 3. The summed E-state index contributed by atoms with van der Waals surface area (Å²) in [4.78, 5) is 0. The number of halogens is 3. The molecule has 3 N–H and O–H groups in total. The fraction of sp³-hybridized carbons (Fsp3) is 0.270. The van der Waals surface area contributed by atoms with Crippen LogP contribution in [0.5, 0.6) is 17.2 Å². The Morgan fingerprint density at radius 3 is 1.41 bits per heavy atom. The van der Waals surface area contributed by atoms with Crippen molar-refractivity contribution < 1.29 is 28.5 Å². The number of benzene rings is 3. The van der Waals surface area contributed by atoms with Crippen molar-refractivity contribution >= 4 is 0 Å². The van der Waals surface area contributed by atoms with Crippen LogP contribution in [0.2, 0.25) is 0 Å². The van der Waals surface area contributed by atoms with Crippen LogP contribution in [0.3, 0.4) is 0 Å². The molecule has 3 heterocycles. The molecule has 49 heavy (non-hydrogen) atoms. The van der Waals surface area contributed by atoms with Crippen LogP contribution in [0.15, 0.2) is 72.8 Å². The van der Waals surface area contributed by atoms with E-state index >= 15 is 0 Å². The van der Waals surface area contributed by atoms with Crippen molar-refractivity contribution in [2.45, 2.75) is 68.0 Å². The fourth-order valence-corrected chi connectivity index (χ4v) is 5.28. The molecule has 0 spiro atoms. The molecular formula is C37H41F3N6O3. The van der Waals surface area contributed by atoms with Gasteiger partial charge in [-0.15, -0.1) is 0 Å². The van der Waals surface area contributed by atoms with E-state index in [-0.39, 0.29) is 11.4 Å². The highest BCUT2D eigenvalue weighted by Gasteiger charge is 2.31. The Balaban J connectivity index is 0.000000166. The van der Waals surface area contributed by atoms with Crippen LogP contribution in [0, 0.1) is 48.5 Å². The largest absolute Gasteiger partial charge is 0.506 e. The summed E-state index contributed by atoms with van der Waals surface area (Å²) in [5.74, 6) is 0.130. The van der Waals surface area contributed by atoms with Gasteiger partial charge in [-0.05, 0) is 121 Å². The number of aryl methyl sites for hydroxylation is 8. The van der Waals surface area contributed by atoms with Crippen molar-refractivity contribution in [2.75, 3.05) is 0 Å². The van der Waals surface area contributed by atoms with E-state index < -0.39 is 17.5 Å². The zero-order chi connectivity index (χ0) is 36.2. The smallest absolute Gasteiger partial charge is 0.416 e. The molecule has 3 aromatic heterocycles. The van der Waals surface area contributed by atoms with Crippen LogP contribution in [-0.4, -0.2) is 44.7 Å². The van der Waals surface area contributed by atoms with Crippen molar-refractivity contribution in [3.8, 4) is 34.3 Å². The van der Waals surface area contributed by atoms with Crippen LogP contribution in [0.1, 0.15) is 57.8 Å². The van der Waals surface area contributed by atoms with Crippen LogP contribution in [0.25, 0.3) is 17.1 Å². The van der Waals surface area contributed by atoms with Crippen LogP contribution < -0.4 is 0 Å². The lowest BCUT2D eigenvalue weighted by Crippen LogP contribution is -2.06. The lowest BCUT2D eigenvalue weighted by molar-refractivity contribution is -0.137. The Labute approximate surface area is 283 Å². The summed E-state index contributed by atoms with van der Waals surface area (Å²) in [5.41, 5.74) is 8.23. The van der Waals surface area contributed by atoms with E-state index in [9.17, 15) is 28.5 Å². The molecule has 12 heteroatoms. The molecule has 0 saturated carbocycles. The van der Waals surface area contributed by atoms with Gasteiger partial charge in [0.05, 0.1) is 22.6 Å². The first-order valence-corrected chi connectivity index (χ1v) is 15.6. The average Bonchev–Trinajstić information content (AvgIpc) is 3.67. The van der Waals surface area contributed by atoms with E-state index in [1.807, 2.05) is 77.1 Å². The summed E-state index contributed by atoms with van der Waals surface area (Å²) in [7, 11) is 0. The topological polar surface area (TPSA) is 114 Å². The number of alkyl halides is 3. The summed E-state index contributed by atoms with van der Waals surface area (Å²) in [6.45, 7) is 15.3. The van der Waals surface area contributed by atoms with E-state index in [1.165, 1.54) is 10.7 Å². The van der Waals surface area contributed by atoms with Crippen molar-refractivity contribution in [3.63, 3.8) is 0 Å². The molecule has 0 radical (unpaired) electrons. The highest BCUT2D eigenvalue weighted by Crippen LogP contribution is 2.34. The van der Waals surface area contributed by atoms with Gasteiger partial charge in [0.2, 0.25) is 0 Å². The quantitative estimate of drug-likeness (QED) is 0.173. The van der Waals surface area contributed by atoms with Gasteiger partial charge in [-0.3, -0.25) is 0 Å². The number of hydrogen-bond acceptors (Lipinski definition) is 6. The summed E-state index contributed by atoms with van der Waals surface area (Å²) >= 11 is 0. The van der Waals surface area contributed by atoms with E-state index in [4.69, 9.17) is 0 Å². The molecule has 0 saturated heterocycles. The van der Waals surface area contributed by atoms with E-state index in [2.05, 4.69) is 22.2 Å². The average molecular weight is 675 g/mol. The maximum atomic E-state index is 12.5. The first kappa shape index (κ1) is 36.3. The zero-order valence-electron chi connectivity index (χ0n) is 28.8. The third-order valence-electron chi connectivity index (χ3n) is 7.68. The number of nitrogens with zero attached hydrogens (tertiary/aromatic N) is 6. The summed E-state index contributed by atoms with van der Waals surface area (Å²) in [5, 5.41) is 42.4. The van der Waals surface area contributed by atoms with Gasteiger partial charge in [0.25, 0.3) is 0 Å². The van der Waals surface area contributed by atoms with Gasteiger partial charge in [0, 0.05) is 17.1 Å². The van der Waals surface area contributed by atoms with Crippen molar-refractivity contribution in [1.29, 1.82) is 0 Å². The third-order valence-corrected chi connectivity index (χ3v) is 7.68. The standard InChI is InChI=1S/C13H16N2O.C12H11F3N2O.C12H14N2O/c1-4-11-5-6-12(13(16)8-11)15-10(3)7-9(2)14-15;1-7-5-8(2)17(16-7)10-4-3-9(6-11(10)18)12(13,14)15;1-8-5-4-6-11(12(8)15)14-10(3)7-9(2)13-14/h5-8,16H,4H2,1-3H3;3-6,18H,1-2H3;4-7,15H,1-3H3. The predicted octanol–water partition coefficient (Wildman–Crippen LogP) is 8.47. The second-order valence-electron chi connectivity index (χ2n) is 11.8.